The topological polar surface area (TPSA) is 133 Å². The highest BCUT2D eigenvalue weighted by Gasteiger charge is 2.24. The molecule has 5 aromatic rings. The fourth-order valence-corrected chi connectivity index (χ4v) is 5.21. The van der Waals surface area contributed by atoms with Crippen molar-refractivity contribution in [2.75, 3.05) is 13.2 Å². The Morgan fingerprint density at radius 3 is 2.77 bits per heavy atom. The monoisotopic (exact) mass is 575 g/mol. The fraction of sp³-hybridized carbons (Fsp3) is 0.250. The Morgan fingerprint density at radius 1 is 1.14 bits per heavy atom. The van der Waals surface area contributed by atoms with E-state index < -0.39 is 12.1 Å². The molecule has 1 aliphatic heterocycles. The van der Waals surface area contributed by atoms with E-state index in [0.717, 1.165) is 6.42 Å². The van der Waals surface area contributed by atoms with Crippen LogP contribution < -0.4 is 16.2 Å². The summed E-state index contributed by atoms with van der Waals surface area (Å²) >= 11 is 0. The number of carbonyl (C=O) groups is 2. The number of aryl methyl sites for hydroxylation is 1. The number of imidazole rings is 1. The van der Waals surface area contributed by atoms with Crippen LogP contribution in [0.5, 0.6) is 0 Å². The fourth-order valence-electron chi connectivity index (χ4n) is 5.21. The van der Waals surface area contributed by atoms with Crippen molar-refractivity contribution in [3.05, 3.63) is 100 Å². The lowest BCUT2D eigenvalue weighted by Gasteiger charge is -2.20. The quantitative estimate of drug-likeness (QED) is 0.298. The summed E-state index contributed by atoms with van der Waals surface area (Å²) in [6.07, 6.45) is 6.06. The Morgan fingerprint density at radius 2 is 1.98 bits per heavy atom. The van der Waals surface area contributed by atoms with Gasteiger partial charge in [0.25, 0.3) is 11.5 Å². The number of rotatable bonds is 6. The normalized spacial score (nSPS) is 15.2. The maximum atomic E-state index is 14.2. The molecule has 1 saturated heterocycles. The summed E-state index contributed by atoms with van der Waals surface area (Å²) in [7, 11) is 0. The zero-order valence-electron chi connectivity index (χ0n) is 23.7. The average Bonchev–Trinajstić information content (AvgIpc) is 3.72. The third-order valence-electron chi connectivity index (χ3n) is 7.33. The third-order valence-corrected chi connectivity index (χ3v) is 7.33. The van der Waals surface area contributed by atoms with Gasteiger partial charge in [-0.05, 0) is 51.0 Å². The summed E-state index contributed by atoms with van der Waals surface area (Å²) in [5.74, 6) is 5.77. The first-order valence-corrected chi connectivity index (χ1v) is 14.0. The van der Waals surface area contributed by atoms with E-state index in [4.69, 9.17) is 9.72 Å². The molecule has 0 aliphatic carbocycles. The van der Waals surface area contributed by atoms with Crippen LogP contribution in [0.25, 0.3) is 22.2 Å². The number of nitrogens with one attached hydrogen (secondary N) is 2. The minimum Gasteiger partial charge on any atom is -0.368 e. The van der Waals surface area contributed by atoms with E-state index in [0.29, 0.717) is 57.9 Å². The zero-order valence-corrected chi connectivity index (χ0v) is 23.7. The van der Waals surface area contributed by atoms with Crippen molar-refractivity contribution >= 4 is 28.4 Å². The number of ether oxygens (including phenoxy) is 1. The Kier molecular flexibility index (Phi) is 7.68. The molecule has 1 aliphatic rings. The second kappa shape index (κ2) is 11.9. The lowest BCUT2D eigenvalue weighted by molar-refractivity contribution is -0.129. The SMILES string of the molecule is Cc1ncn2ccnc2c1C(=O)NC(C)c1nc2cccc(C#CCNC(=O)[C@H]3CCCO3)c2c(=O)n1-c1ccccc1. The van der Waals surface area contributed by atoms with Gasteiger partial charge >= 0.3 is 0 Å². The number of carbonyl (C=O) groups excluding carboxylic acids is 2. The molecule has 3 aromatic heterocycles. The molecule has 2 aromatic carbocycles. The Labute approximate surface area is 247 Å². The molecule has 2 N–H and O–H groups in total. The Hall–Kier alpha value is -5.34. The molecule has 11 nitrogen and oxygen atoms in total. The van der Waals surface area contributed by atoms with Crippen LogP contribution in [0.2, 0.25) is 0 Å². The summed E-state index contributed by atoms with van der Waals surface area (Å²) in [4.78, 5) is 53.4. The van der Waals surface area contributed by atoms with Crippen LogP contribution >= 0.6 is 0 Å². The number of hydrogen-bond acceptors (Lipinski definition) is 7. The van der Waals surface area contributed by atoms with Gasteiger partial charge in [-0.15, -0.1) is 0 Å². The van der Waals surface area contributed by atoms with Crippen LogP contribution in [-0.2, 0) is 9.53 Å². The molecule has 1 fully saturated rings. The van der Waals surface area contributed by atoms with Gasteiger partial charge in [-0.2, -0.15) is 0 Å². The van der Waals surface area contributed by atoms with Gasteiger partial charge in [0.15, 0.2) is 5.65 Å². The highest BCUT2D eigenvalue weighted by molar-refractivity contribution is 6.01. The summed E-state index contributed by atoms with van der Waals surface area (Å²) in [6.45, 7) is 4.23. The largest absolute Gasteiger partial charge is 0.368 e. The molecule has 0 saturated carbocycles. The van der Waals surface area contributed by atoms with Crippen LogP contribution in [0, 0.1) is 18.8 Å². The standard InChI is InChI=1S/C32H29N7O4/c1-20-26(29-33-16-17-38(29)19-35-20)31(41)36-21(2)28-37-24-13-6-9-22(10-7-15-34-30(40)25-14-8-18-43-25)27(24)32(42)39(28)23-11-4-3-5-12-23/h3-6,9,11-13,16-17,19,21,25H,8,14-15,18H2,1-2H3,(H,34,40)(H,36,41)/t21?,25-/m1/s1. The second-order valence-electron chi connectivity index (χ2n) is 10.2. The van der Waals surface area contributed by atoms with Gasteiger partial charge in [-0.3, -0.25) is 23.4 Å². The minimum atomic E-state index is -0.665. The smallest absolute Gasteiger partial charge is 0.267 e. The molecule has 6 rings (SSSR count). The Balaban J connectivity index is 1.37. The summed E-state index contributed by atoms with van der Waals surface area (Å²) < 4.78 is 8.59. The van der Waals surface area contributed by atoms with Crippen molar-refractivity contribution in [1.29, 1.82) is 0 Å². The second-order valence-corrected chi connectivity index (χ2v) is 10.2. The minimum absolute atomic E-state index is 0.119. The predicted octanol–water partition coefficient (Wildman–Crippen LogP) is 2.87. The number of para-hydroxylation sites is 1. The lowest BCUT2D eigenvalue weighted by Crippen LogP contribution is -2.34. The van der Waals surface area contributed by atoms with Gasteiger partial charge in [0.05, 0.1) is 34.9 Å². The van der Waals surface area contributed by atoms with Crippen LogP contribution in [0.4, 0.5) is 0 Å². The van der Waals surface area contributed by atoms with Gasteiger partial charge < -0.3 is 15.4 Å². The number of hydrogen-bond donors (Lipinski definition) is 2. The van der Waals surface area contributed by atoms with Gasteiger partial charge in [0, 0.05) is 24.6 Å². The molecule has 1 unspecified atom stereocenters. The van der Waals surface area contributed by atoms with E-state index in [9.17, 15) is 14.4 Å². The third kappa shape index (κ3) is 5.48. The molecule has 2 amide bonds. The van der Waals surface area contributed by atoms with E-state index in [1.54, 1.807) is 67.3 Å². The van der Waals surface area contributed by atoms with E-state index in [2.05, 4.69) is 32.4 Å². The number of nitrogens with zero attached hydrogens (tertiary/aromatic N) is 5. The molecular formula is C32H29N7O4. The maximum absolute atomic E-state index is 14.2. The van der Waals surface area contributed by atoms with Crippen LogP contribution in [-0.4, -0.2) is 55.0 Å². The molecule has 43 heavy (non-hydrogen) atoms. The van der Waals surface area contributed by atoms with Crippen molar-refractivity contribution in [2.45, 2.75) is 38.8 Å². The van der Waals surface area contributed by atoms with Crippen LogP contribution in [0.1, 0.15) is 53.2 Å². The van der Waals surface area contributed by atoms with E-state index >= 15 is 0 Å². The first kappa shape index (κ1) is 27.8. The molecule has 0 bridgehead atoms. The number of amides is 2. The Bertz CT molecular complexity index is 1960. The average molecular weight is 576 g/mol. The molecule has 216 valence electrons. The molecular weight excluding hydrogens is 546 g/mol. The van der Waals surface area contributed by atoms with Gasteiger partial charge in [0.2, 0.25) is 5.91 Å². The molecule has 11 heteroatoms. The van der Waals surface area contributed by atoms with E-state index in [1.807, 2.05) is 18.2 Å². The summed E-state index contributed by atoms with van der Waals surface area (Å²) in [5, 5.41) is 6.11. The van der Waals surface area contributed by atoms with Crippen molar-refractivity contribution in [1.82, 2.24) is 34.6 Å². The molecule has 0 spiro atoms. The molecule has 2 atom stereocenters. The molecule has 0 radical (unpaired) electrons. The zero-order chi connectivity index (χ0) is 29.9. The van der Waals surface area contributed by atoms with Crippen LogP contribution in [0.3, 0.4) is 0 Å². The van der Waals surface area contributed by atoms with Gasteiger partial charge in [-0.1, -0.05) is 36.1 Å². The maximum Gasteiger partial charge on any atom is 0.267 e. The summed E-state index contributed by atoms with van der Waals surface area (Å²) in [5.41, 5.74) is 2.56. The highest BCUT2D eigenvalue weighted by Crippen LogP contribution is 2.21. The predicted molar refractivity (Wildman–Crippen MR) is 160 cm³/mol. The first-order chi connectivity index (χ1) is 20.9. The highest BCUT2D eigenvalue weighted by atomic mass is 16.5. The van der Waals surface area contributed by atoms with E-state index in [-0.39, 0.29) is 23.9 Å². The van der Waals surface area contributed by atoms with Crippen molar-refractivity contribution in [3.63, 3.8) is 0 Å². The first-order valence-electron chi connectivity index (χ1n) is 14.0. The van der Waals surface area contributed by atoms with Crippen molar-refractivity contribution in [3.8, 4) is 17.5 Å². The number of benzene rings is 2. The summed E-state index contributed by atoms with van der Waals surface area (Å²) in [6, 6.07) is 13.7. The number of aromatic nitrogens is 5. The lowest BCUT2D eigenvalue weighted by atomic mass is 10.1. The molecule has 4 heterocycles. The number of fused-ring (bicyclic) bond motifs is 2. The van der Waals surface area contributed by atoms with Gasteiger partial charge in [0.1, 0.15) is 23.8 Å². The van der Waals surface area contributed by atoms with Gasteiger partial charge in [-0.25, -0.2) is 15.0 Å². The van der Waals surface area contributed by atoms with Crippen molar-refractivity contribution < 1.29 is 14.3 Å². The van der Waals surface area contributed by atoms with E-state index in [1.165, 1.54) is 4.57 Å². The van der Waals surface area contributed by atoms with Crippen LogP contribution in [0.15, 0.2) is 72.0 Å². The van der Waals surface area contributed by atoms with Crippen molar-refractivity contribution in [2.24, 2.45) is 0 Å².